The summed E-state index contributed by atoms with van der Waals surface area (Å²) < 4.78 is 0. The summed E-state index contributed by atoms with van der Waals surface area (Å²) in [4.78, 5) is 0. The maximum absolute atomic E-state index is 9.47. The van der Waals surface area contributed by atoms with Crippen molar-refractivity contribution in [3.63, 3.8) is 0 Å². The molecule has 22 heavy (non-hydrogen) atoms. The van der Waals surface area contributed by atoms with Crippen molar-refractivity contribution in [2.24, 2.45) is 11.5 Å². The van der Waals surface area contributed by atoms with Gasteiger partial charge in [0.1, 0.15) is 0 Å². The van der Waals surface area contributed by atoms with Gasteiger partial charge in [0.15, 0.2) is 0 Å². The Morgan fingerprint density at radius 1 is 0.909 bits per heavy atom. The number of rotatable bonds is 5. The topological polar surface area (TPSA) is 72.3 Å². The molecule has 2 aromatic rings. The predicted molar refractivity (Wildman–Crippen MR) is 93.5 cm³/mol. The summed E-state index contributed by atoms with van der Waals surface area (Å²) in [5.74, 6) is 0. The summed E-state index contributed by atoms with van der Waals surface area (Å²) in [6.07, 6.45) is 1.50. The van der Waals surface area contributed by atoms with Crippen LogP contribution in [-0.2, 0) is 6.42 Å². The first kappa shape index (κ1) is 18.4. The van der Waals surface area contributed by atoms with Crippen LogP contribution in [0, 0.1) is 0 Å². The van der Waals surface area contributed by atoms with Gasteiger partial charge in [0.2, 0.25) is 0 Å². The zero-order chi connectivity index (χ0) is 16.4. The molecule has 0 spiro atoms. The van der Waals surface area contributed by atoms with E-state index in [4.69, 9.17) is 11.5 Å². The SMILES string of the molecule is CC(N)C(O)c1ccccc1.CCC(N)Cc1ccccc1. The van der Waals surface area contributed by atoms with Crippen LogP contribution in [0.5, 0.6) is 0 Å². The Morgan fingerprint density at radius 2 is 1.41 bits per heavy atom. The molecule has 0 aromatic heterocycles. The third kappa shape index (κ3) is 6.85. The smallest absolute Gasteiger partial charge is 0.0938 e. The molecule has 3 atom stereocenters. The van der Waals surface area contributed by atoms with Crippen molar-refractivity contribution in [1.82, 2.24) is 0 Å². The van der Waals surface area contributed by atoms with Gasteiger partial charge in [-0.1, -0.05) is 67.6 Å². The van der Waals surface area contributed by atoms with Gasteiger partial charge in [0, 0.05) is 12.1 Å². The minimum Gasteiger partial charge on any atom is -0.387 e. The Bertz CT molecular complexity index is 499. The number of hydrogen-bond donors (Lipinski definition) is 3. The van der Waals surface area contributed by atoms with Gasteiger partial charge in [-0.2, -0.15) is 0 Å². The lowest BCUT2D eigenvalue weighted by Crippen LogP contribution is -2.24. The lowest BCUT2D eigenvalue weighted by molar-refractivity contribution is 0.153. The van der Waals surface area contributed by atoms with Crippen molar-refractivity contribution in [2.75, 3.05) is 0 Å². The van der Waals surface area contributed by atoms with Crippen molar-refractivity contribution in [3.05, 3.63) is 71.8 Å². The first-order valence-corrected chi connectivity index (χ1v) is 7.82. The summed E-state index contributed by atoms with van der Waals surface area (Å²) in [6.45, 7) is 3.91. The van der Waals surface area contributed by atoms with Gasteiger partial charge < -0.3 is 16.6 Å². The van der Waals surface area contributed by atoms with E-state index < -0.39 is 6.10 Å². The zero-order valence-electron chi connectivity index (χ0n) is 13.5. The minimum absolute atomic E-state index is 0.211. The first-order chi connectivity index (χ1) is 10.5. The Labute approximate surface area is 134 Å². The predicted octanol–water partition coefficient (Wildman–Crippen LogP) is 3.03. The van der Waals surface area contributed by atoms with E-state index in [1.165, 1.54) is 5.56 Å². The number of benzene rings is 2. The van der Waals surface area contributed by atoms with Gasteiger partial charge in [0.05, 0.1) is 6.10 Å². The standard InChI is InChI=1S/C10H15N.C9H13NO/c1-2-10(11)8-9-6-4-3-5-7-9;1-7(10)9(11)8-5-3-2-4-6-8/h3-7,10H,2,8,11H2,1H3;2-7,9,11H,10H2,1H3. The van der Waals surface area contributed by atoms with E-state index in [0.717, 1.165) is 18.4 Å². The number of aliphatic hydroxyl groups excluding tert-OH is 1. The zero-order valence-corrected chi connectivity index (χ0v) is 13.5. The average molecular weight is 300 g/mol. The molecule has 0 aliphatic carbocycles. The molecule has 5 N–H and O–H groups in total. The highest BCUT2D eigenvalue weighted by Gasteiger charge is 2.10. The van der Waals surface area contributed by atoms with E-state index in [1.807, 2.05) is 36.4 Å². The van der Waals surface area contributed by atoms with Crippen LogP contribution in [0.4, 0.5) is 0 Å². The van der Waals surface area contributed by atoms with E-state index in [1.54, 1.807) is 6.92 Å². The molecule has 0 aliphatic heterocycles. The summed E-state index contributed by atoms with van der Waals surface area (Å²) >= 11 is 0. The van der Waals surface area contributed by atoms with Crippen molar-refractivity contribution in [3.8, 4) is 0 Å². The molecule has 120 valence electrons. The molecular weight excluding hydrogens is 272 g/mol. The summed E-state index contributed by atoms with van der Waals surface area (Å²) in [7, 11) is 0. The van der Waals surface area contributed by atoms with Crippen LogP contribution in [0.15, 0.2) is 60.7 Å². The molecular formula is C19H28N2O. The normalized spacial score (nSPS) is 14.4. The van der Waals surface area contributed by atoms with E-state index in [-0.39, 0.29) is 6.04 Å². The average Bonchev–Trinajstić information content (AvgIpc) is 2.56. The second-order valence-electron chi connectivity index (χ2n) is 5.57. The molecule has 0 heterocycles. The summed E-state index contributed by atoms with van der Waals surface area (Å²) in [5.41, 5.74) is 13.5. The monoisotopic (exact) mass is 300 g/mol. The Balaban J connectivity index is 0.000000220. The van der Waals surface area contributed by atoms with Gasteiger partial charge in [-0.3, -0.25) is 0 Å². The second kappa shape index (κ2) is 10.1. The molecule has 0 saturated carbocycles. The highest BCUT2D eigenvalue weighted by atomic mass is 16.3. The van der Waals surface area contributed by atoms with Crippen molar-refractivity contribution in [2.45, 2.75) is 44.9 Å². The fourth-order valence-corrected chi connectivity index (χ4v) is 2.01. The van der Waals surface area contributed by atoms with Crippen LogP contribution in [0.1, 0.15) is 37.5 Å². The third-order valence-corrected chi connectivity index (χ3v) is 3.50. The van der Waals surface area contributed by atoms with Crippen LogP contribution in [0.25, 0.3) is 0 Å². The molecule has 0 amide bonds. The van der Waals surface area contributed by atoms with Crippen molar-refractivity contribution < 1.29 is 5.11 Å². The Morgan fingerprint density at radius 3 is 1.86 bits per heavy atom. The third-order valence-electron chi connectivity index (χ3n) is 3.50. The summed E-state index contributed by atoms with van der Waals surface area (Å²) in [5, 5.41) is 9.47. The van der Waals surface area contributed by atoms with E-state index >= 15 is 0 Å². The number of nitrogens with two attached hydrogens (primary N) is 2. The van der Waals surface area contributed by atoms with Gasteiger partial charge in [-0.25, -0.2) is 0 Å². The van der Waals surface area contributed by atoms with Gasteiger partial charge in [-0.05, 0) is 30.9 Å². The lowest BCUT2D eigenvalue weighted by Gasteiger charge is -2.13. The maximum atomic E-state index is 9.47. The quantitative estimate of drug-likeness (QED) is 0.794. The van der Waals surface area contributed by atoms with Gasteiger partial charge in [-0.15, -0.1) is 0 Å². The fourth-order valence-electron chi connectivity index (χ4n) is 2.01. The number of aliphatic hydroxyl groups is 1. The number of hydrogen-bond acceptors (Lipinski definition) is 3. The Hall–Kier alpha value is -1.68. The maximum Gasteiger partial charge on any atom is 0.0938 e. The minimum atomic E-state index is -0.545. The van der Waals surface area contributed by atoms with Crippen molar-refractivity contribution >= 4 is 0 Å². The van der Waals surface area contributed by atoms with Crippen LogP contribution in [-0.4, -0.2) is 17.2 Å². The van der Waals surface area contributed by atoms with Gasteiger partial charge >= 0.3 is 0 Å². The molecule has 0 aliphatic rings. The fraction of sp³-hybridized carbons (Fsp3) is 0.368. The van der Waals surface area contributed by atoms with Crippen LogP contribution in [0.3, 0.4) is 0 Å². The van der Waals surface area contributed by atoms with Crippen LogP contribution < -0.4 is 11.5 Å². The lowest BCUT2D eigenvalue weighted by atomic mass is 10.0. The Kier molecular flexibility index (Phi) is 8.44. The highest BCUT2D eigenvalue weighted by molar-refractivity contribution is 5.18. The van der Waals surface area contributed by atoms with E-state index in [0.29, 0.717) is 6.04 Å². The van der Waals surface area contributed by atoms with E-state index in [2.05, 4.69) is 31.2 Å². The largest absolute Gasteiger partial charge is 0.387 e. The molecule has 2 rings (SSSR count). The molecule has 0 radical (unpaired) electrons. The molecule has 3 heteroatoms. The van der Waals surface area contributed by atoms with Gasteiger partial charge in [0.25, 0.3) is 0 Å². The first-order valence-electron chi connectivity index (χ1n) is 7.82. The molecule has 3 unspecified atom stereocenters. The molecule has 3 nitrogen and oxygen atoms in total. The van der Waals surface area contributed by atoms with E-state index in [9.17, 15) is 5.11 Å². The van der Waals surface area contributed by atoms with Crippen LogP contribution in [0.2, 0.25) is 0 Å². The molecule has 0 bridgehead atoms. The second-order valence-corrected chi connectivity index (χ2v) is 5.57. The molecule has 0 saturated heterocycles. The molecule has 0 fully saturated rings. The summed E-state index contributed by atoms with van der Waals surface area (Å²) in [6, 6.07) is 19.9. The molecule has 2 aromatic carbocycles. The highest BCUT2D eigenvalue weighted by Crippen LogP contribution is 2.13. The van der Waals surface area contributed by atoms with Crippen molar-refractivity contribution in [1.29, 1.82) is 0 Å². The van der Waals surface area contributed by atoms with Crippen LogP contribution >= 0.6 is 0 Å².